The maximum atomic E-state index is 10.8. The quantitative estimate of drug-likeness (QED) is 0.339. The summed E-state index contributed by atoms with van der Waals surface area (Å²) in [5, 5.41) is 13.2. The Hall–Kier alpha value is -2.31. The molecular formula is C9H11N3O4. The van der Waals surface area contributed by atoms with Crippen LogP contribution in [-0.4, -0.2) is 24.5 Å². The Kier molecular flexibility index (Phi) is 3.65. The van der Waals surface area contributed by atoms with Crippen LogP contribution < -0.4 is 11.1 Å². The molecule has 7 heteroatoms. The van der Waals surface area contributed by atoms with Gasteiger partial charge >= 0.3 is 5.97 Å². The smallest absolute Gasteiger partial charge is 0.325 e. The number of nitrogens with one attached hydrogen (secondary N) is 1. The lowest BCUT2D eigenvalue weighted by molar-refractivity contribution is -0.383. The third kappa shape index (κ3) is 2.84. The number of esters is 1. The van der Waals surface area contributed by atoms with Crippen LogP contribution in [-0.2, 0) is 9.53 Å². The van der Waals surface area contributed by atoms with Crippen molar-refractivity contribution < 1.29 is 14.5 Å². The highest BCUT2D eigenvalue weighted by molar-refractivity contribution is 5.76. The van der Waals surface area contributed by atoms with Gasteiger partial charge < -0.3 is 15.8 Å². The van der Waals surface area contributed by atoms with E-state index in [1.165, 1.54) is 25.3 Å². The van der Waals surface area contributed by atoms with Crippen LogP contribution in [0.15, 0.2) is 18.2 Å². The highest BCUT2D eigenvalue weighted by Gasteiger charge is 2.11. The number of carbonyl (C=O) groups excluding carboxylic acids is 1. The van der Waals surface area contributed by atoms with E-state index >= 15 is 0 Å². The number of rotatable bonds is 4. The molecule has 0 aliphatic rings. The highest BCUT2D eigenvalue weighted by atomic mass is 16.6. The first kappa shape index (κ1) is 11.8. The summed E-state index contributed by atoms with van der Waals surface area (Å²) in [4.78, 5) is 20.7. The van der Waals surface area contributed by atoms with E-state index in [-0.39, 0.29) is 17.9 Å². The van der Waals surface area contributed by atoms with E-state index in [9.17, 15) is 14.9 Å². The van der Waals surface area contributed by atoms with Crippen molar-refractivity contribution in [2.75, 3.05) is 24.7 Å². The first-order valence-electron chi connectivity index (χ1n) is 4.39. The molecule has 0 bridgehead atoms. The molecule has 0 aromatic heterocycles. The van der Waals surface area contributed by atoms with E-state index < -0.39 is 10.9 Å². The Balaban J connectivity index is 2.74. The number of ether oxygens (including phenoxy) is 1. The third-order valence-corrected chi connectivity index (χ3v) is 1.89. The van der Waals surface area contributed by atoms with Gasteiger partial charge in [0.25, 0.3) is 5.69 Å². The second-order valence-corrected chi connectivity index (χ2v) is 2.96. The number of nitrogens with two attached hydrogens (primary N) is 1. The first-order chi connectivity index (χ1) is 7.54. The number of nitro benzene ring substituents is 1. The molecule has 0 saturated heterocycles. The van der Waals surface area contributed by atoms with Crippen molar-refractivity contribution in [1.82, 2.24) is 0 Å². The van der Waals surface area contributed by atoms with E-state index in [1.807, 2.05) is 0 Å². The molecule has 0 saturated carbocycles. The molecule has 0 radical (unpaired) electrons. The van der Waals surface area contributed by atoms with Gasteiger partial charge in [-0.2, -0.15) is 0 Å². The summed E-state index contributed by atoms with van der Waals surface area (Å²) in [7, 11) is 1.27. The van der Waals surface area contributed by atoms with Gasteiger partial charge in [0.1, 0.15) is 12.2 Å². The molecule has 0 fully saturated rings. The molecule has 1 rings (SSSR count). The summed E-state index contributed by atoms with van der Waals surface area (Å²) in [6, 6.07) is 4.13. The standard InChI is InChI=1S/C9H11N3O4/c1-16-9(13)5-11-6-2-3-8(12(14)15)7(10)4-6/h2-4,11H,5,10H2,1H3. The zero-order valence-electron chi connectivity index (χ0n) is 8.60. The van der Waals surface area contributed by atoms with Crippen LogP contribution in [0.5, 0.6) is 0 Å². The molecule has 0 unspecified atom stereocenters. The van der Waals surface area contributed by atoms with E-state index in [2.05, 4.69) is 10.1 Å². The molecule has 7 nitrogen and oxygen atoms in total. The van der Waals surface area contributed by atoms with Gasteiger partial charge in [0.15, 0.2) is 0 Å². The highest BCUT2D eigenvalue weighted by Crippen LogP contribution is 2.24. The van der Waals surface area contributed by atoms with Crippen molar-refractivity contribution in [3.8, 4) is 0 Å². The number of carbonyl (C=O) groups is 1. The van der Waals surface area contributed by atoms with Crippen molar-refractivity contribution in [3.63, 3.8) is 0 Å². The summed E-state index contributed by atoms with van der Waals surface area (Å²) in [5.74, 6) is -0.433. The molecule has 0 aliphatic carbocycles. The monoisotopic (exact) mass is 225 g/mol. The normalized spacial score (nSPS) is 9.56. The number of nitrogen functional groups attached to an aromatic ring is 1. The van der Waals surface area contributed by atoms with E-state index in [4.69, 9.17) is 5.73 Å². The van der Waals surface area contributed by atoms with Gasteiger partial charge in [0, 0.05) is 11.8 Å². The molecule has 0 aliphatic heterocycles. The molecule has 1 aromatic carbocycles. The lowest BCUT2D eigenvalue weighted by Gasteiger charge is -2.05. The van der Waals surface area contributed by atoms with Crippen molar-refractivity contribution in [3.05, 3.63) is 28.3 Å². The summed E-state index contributed by atoms with van der Waals surface area (Å²) in [6.45, 7) is -0.0201. The summed E-state index contributed by atoms with van der Waals surface area (Å²) in [5.41, 5.74) is 5.86. The Morgan fingerprint density at radius 2 is 2.31 bits per heavy atom. The second-order valence-electron chi connectivity index (χ2n) is 2.96. The third-order valence-electron chi connectivity index (χ3n) is 1.89. The Bertz CT molecular complexity index is 419. The van der Waals surface area contributed by atoms with Crippen LogP contribution in [0.1, 0.15) is 0 Å². The number of hydrogen-bond acceptors (Lipinski definition) is 6. The molecule has 0 spiro atoms. The second kappa shape index (κ2) is 4.96. The number of hydrogen-bond donors (Lipinski definition) is 2. The fourth-order valence-electron chi connectivity index (χ4n) is 1.08. The largest absolute Gasteiger partial charge is 0.468 e. The van der Waals surface area contributed by atoms with Gasteiger partial charge in [-0.1, -0.05) is 0 Å². The number of nitrogens with zero attached hydrogens (tertiary/aromatic N) is 1. The van der Waals surface area contributed by atoms with Crippen molar-refractivity contribution in [2.24, 2.45) is 0 Å². The topological polar surface area (TPSA) is 107 Å². The maximum Gasteiger partial charge on any atom is 0.325 e. The SMILES string of the molecule is COC(=O)CNc1ccc([N+](=O)[O-])c(N)c1. The number of anilines is 2. The minimum atomic E-state index is -0.570. The van der Waals surface area contributed by atoms with E-state index in [0.29, 0.717) is 5.69 Å². The Labute approximate surface area is 91.3 Å². The van der Waals surface area contributed by atoms with E-state index in [0.717, 1.165) is 0 Å². The number of nitro groups is 1. The van der Waals surface area contributed by atoms with Crippen LogP contribution in [0.25, 0.3) is 0 Å². The molecule has 86 valence electrons. The van der Waals surface area contributed by atoms with Crippen LogP contribution in [0, 0.1) is 10.1 Å². The van der Waals surface area contributed by atoms with Crippen LogP contribution >= 0.6 is 0 Å². The van der Waals surface area contributed by atoms with Crippen molar-refractivity contribution >= 4 is 23.0 Å². The molecular weight excluding hydrogens is 214 g/mol. The predicted molar refractivity (Wildman–Crippen MR) is 58.0 cm³/mol. The maximum absolute atomic E-state index is 10.8. The predicted octanol–water partition coefficient (Wildman–Crippen LogP) is 0.762. The summed E-state index contributed by atoms with van der Waals surface area (Å²) >= 11 is 0. The molecule has 0 heterocycles. The number of methoxy groups -OCH3 is 1. The minimum Gasteiger partial charge on any atom is -0.468 e. The van der Waals surface area contributed by atoms with Gasteiger partial charge in [-0.3, -0.25) is 14.9 Å². The molecule has 16 heavy (non-hydrogen) atoms. The number of benzene rings is 1. The van der Waals surface area contributed by atoms with Gasteiger partial charge in [0.05, 0.1) is 12.0 Å². The average Bonchev–Trinajstić information content (AvgIpc) is 2.25. The van der Waals surface area contributed by atoms with E-state index in [1.54, 1.807) is 0 Å². The molecule has 1 aromatic rings. The fraction of sp³-hybridized carbons (Fsp3) is 0.222. The Morgan fingerprint density at radius 3 is 2.81 bits per heavy atom. The van der Waals surface area contributed by atoms with Crippen molar-refractivity contribution in [2.45, 2.75) is 0 Å². The van der Waals surface area contributed by atoms with Gasteiger partial charge in [-0.25, -0.2) is 0 Å². The zero-order chi connectivity index (χ0) is 12.1. The minimum absolute atomic E-state index is 0.0201. The van der Waals surface area contributed by atoms with Crippen LogP contribution in [0.4, 0.5) is 17.1 Å². The van der Waals surface area contributed by atoms with Gasteiger partial charge in [-0.05, 0) is 12.1 Å². The lowest BCUT2D eigenvalue weighted by Crippen LogP contribution is -2.15. The lowest BCUT2D eigenvalue weighted by atomic mass is 10.2. The summed E-state index contributed by atoms with van der Waals surface area (Å²) < 4.78 is 4.42. The average molecular weight is 225 g/mol. The van der Waals surface area contributed by atoms with Gasteiger partial charge in [-0.15, -0.1) is 0 Å². The van der Waals surface area contributed by atoms with Crippen LogP contribution in [0.3, 0.4) is 0 Å². The zero-order valence-corrected chi connectivity index (χ0v) is 8.60. The van der Waals surface area contributed by atoms with Crippen molar-refractivity contribution in [1.29, 1.82) is 0 Å². The molecule has 0 atom stereocenters. The van der Waals surface area contributed by atoms with Crippen LogP contribution in [0.2, 0.25) is 0 Å². The fourth-order valence-corrected chi connectivity index (χ4v) is 1.08. The first-order valence-corrected chi connectivity index (χ1v) is 4.39. The molecule has 0 amide bonds. The Morgan fingerprint density at radius 1 is 1.62 bits per heavy atom. The molecule has 3 N–H and O–H groups in total. The summed E-state index contributed by atoms with van der Waals surface area (Å²) in [6.07, 6.45) is 0. The van der Waals surface area contributed by atoms with Gasteiger partial charge in [0.2, 0.25) is 0 Å².